The number of amides is 2. The number of urea groups is 1. The summed E-state index contributed by atoms with van der Waals surface area (Å²) in [5, 5.41) is 4.26. The Labute approximate surface area is 151 Å². The Morgan fingerprint density at radius 1 is 1.17 bits per heavy atom. The fraction of sp³-hybridized carbons (Fsp3) is 0.294. The summed E-state index contributed by atoms with van der Waals surface area (Å²) in [7, 11) is 0. The number of anilines is 1. The highest BCUT2D eigenvalue weighted by molar-refractivity contribution is 6.35. The molecule has 24 heavy (non-hydrogen) atoms. The van der Waals surface area contributed by atoms with Crippen LogP contribution in [0.25, 0.3) is 0 Å². The van der Waals surface area contributed by atoms with Crippen LogP contribution in [0.1, 0.15) is 5.56 Å². The topological polar surface area (TPSA) is 48.5 Å². The van der Waals surface area contributed by atoms with Gasteiger partial charge >= 0.3 is 6.03 Å². The molecule has 3 rings (SSSR count). The van der Waals surface area contributed by atoms with Crippen molar-refractivity contribution in [3.63, 3.8) is 0 Å². The summed E-state index contributed by atoms with van der Waals surface area (Å²) < 4.78 is 0. The molecule has 0 bridgehead atoms. The van der Waals surface area contributed by atoms with Crippen molar-refractivity contribution >= 4 is 34.9 Å². The Kier molecular flexibility index (Phi) is 5.43. The molecule has 1 aliphatic rings. The highest BCUT2D eigenvalue weighted by Crippen LogP contribution is 2.29. The van der Waals surface area contributed by atoms with Gasteiger partial charge in [0.1, 0.15) is 0 Å². The number of pyridine rings is 1. The van der Waals surface area contributed by atoms with Crippen molar-refractivity contribution in [2.45, 2.75) is 6.54 Å². The van der Waals surface area contributed by atoms with Crippen molar-refractivity contribution in [1.29, 1.82) is 0 Å². The second kappa shape index (κ2) is 7.73. The Morgan fingerprint density at radius 2 is 1.96 bits per heavy atom. The Hall–Kier alpha value is -1.98. The number of hydrogen-bond donors (Lipinski definition) is 1. The van der Waals surface area contributed by atoms with Crippen LogP contribution in [0.4, 0.5) is 10.5 Å². The van der Waals surface area contributed by atoms with Crippen LogP contribution in [0.5, 0.6) is 0 Å². The summed E-state index contributed by atoms with van der Waals surface area (Å²) in [5.74, 6) is 0. The molecule has 2 heterocycles. The molecule has 7 heteroatoms. The van der Waals surface area contributed by atoms with Crippen molar-refractivity contribution in [1.82, 2.24) is 15.2 Å². The number of nitrogens with zero attached hydrogens (tertiary/aromatic N) is 3. The fourth-order valence-electron chi connectivity index (χ4n) is 2.67. The first-order valence-corrected chi connectivity index (χ1v) is 8.51. The number of carbonyl (C=O) groups excluding carboxylic acids is 1. The van der Waals surface area contributed by atoms with Gasteiger partial charge in [0.05, 0.1) is 10.7 Å². The van der Waals surface area contributed by atoms with Gasteiger partial charge in [-0.15, -0.1) is 0 Å². The van der Waals surface area contributed by atoms with Crippen LogP contribution in [0, 0.1) is 0 Å². The van der Waals surface area contributed by atoms with Gasteiger partial charge in [0.2, 0.25) is 0 Å². The predicted octanol–water partition coefficient (Wildman–Crippen LogP) is 3.42. The number of aromatic nitrogens is 1. The molecule has 0 aliphatic carbocycles. The van der Waals surface area contributed by atoms with E-state index in [0.717, 1.165) is 24.3 Å². The van der Waals surface area contributed by atoms with E-state index in [9.17, 15) is 4.79 Å². The van der Waals surface area contributed by atoms with Crippen LogP contribution in [0.2, 0.25) is 10.0 Å². The summed E-state index contributed by atoms with van der Waals surface area (Å²) in [6.07, 6.45) is 3.46. The van der Waals surface area contributed by atoms with Gasteiger partial charge in [-0.2, -0.15) is 0 Å². The maximum Gasteiger partial charge on any atom is 0.317 e. The van der Waals surface area contributed by atoms with Crippen LogP contribution < -0.4 is 10.2 Å². The Balaban J connectivity index is 1.53. The van der Waals surface area contributed by atoms with Crippen molar-refractivity contribution in [2.75, 3.05) is 31.1 Å². The van der Waals surface area contributed by atoms with Gasteiger partial charge < -0.3 is 15.1 Å². The molecular formula is C17H18Cl2N4O. The third-order valence-electron chi connectivity index (χ3n) is 3.98. The van der Waals surface area contributed by atoms with Crippen LogP contribution in [-0.4, -0.2) is 42.1 Å². The summed E-state index contributed by atoms with van der Waals surface area (Å²) in [4.78, 5) is 20.3. The summed E-state index contributed by atoms with van der Waals surface area (Å²) in [6, 6.07) is 9.17. The number of benzene rings is 1. The molecule has 1 aromatic heterocycles. The molecule has 2 amide bonds. The lowest BCUT2D eigenvalue weighted by Crippen LogP contribution is -2.51. The molecule has 1 aromatic carbocycles. The van der Waals surface area contributed by atoms with Gasteiger partial charge in [-0.3, -0.25) is 4.98 Å². The second-order valence-electron chi connectivity index (χ2n) is 5.59. The van der Waals surface area contributed by atoms with Crippen LogP contribution in [0.3, 0.4) is 0 Å². The Bertz CT molecular complexity index is 703. The number of carbonyl (C=O) groups is 1. The van der Waals surface area contributed by atoms with E-state index in [1.807, 2.05) is 23.1 Å². The van der Waals surface area contributed by atoms with E-state index in [1.54, 1.807) is 24.5 Å². The normalized spacial score (nSPS) is 14.6. The first-order chi connectivity index (χ1) is 11.6. The van der Waals surface area contributed by atoms with Gasteiger partial charge in [-0.05, 0) is 29.8 Å². The molecule has 2 aromatic rings. The zero-order valence-corrected chi connectivity index (χ0v) is 14.6. The molecule has 5 nitrogen and oxygen atoms in total. The first kappa shape index (κ1) is 16.9. The predicted molar refractivity (Wildman–Crippen MR) is 96.7 cm³/mol. The molecule has 0 atom stereocenters. The number of halogens is 2. The minimum Gasteiger partial charge on any atom is -0.367 e. The minimum absolute atomic E-state index is 0.0595. The summed E-state index contributed by atoms with van der Waals surface area (Å²) in [5.41, 5.74) is 1.90. The minimum atomic E-state index is -0.0595. The van der Waals surface area contributed by atoms with E-state index in [4.69, 9.17) is 23.2 Å². The summed E-state index contributed by atoms with van der Waals surface area (Å²) in [6.45, 7) is 3.21. The average Bonchev–Trinajstić information content (AvgIpc) is 2.63. The largest absolute Gasteiger partial charge is 0.367 e. The third-order valence-corrected chi connectivity index (χ3v) is 4.54. The number of rotatable bonds is 3. The van der Waals surface area contributed by atoms with Gasteiger partial charge in [0.15, 0.2) is 0 Å². The van der Waals surface area contributed by atoms with Gasteiger partial charge in [-0.25, -0.2) is 4.79 Å². The molecule has 1 saturated heterocycles. The van der Waals surface area contributed by atoms with E-state index in [-0.39, 0.29) is 6.03 Å². The molecule has 0 spiro atoms. The van der Waals surface area contributed by atoms with Crippen molar-refractivity contribution < 1.29 is 4.79 Å². The molecule has 1 aliphatic heterocycles. The van der Waals surface area contributed by atoms with Gasteiger partial charge in [0, 0.05) is 50.1 Å². The van der Waals surface area contributed by atoms with E-state index in [1.165, 1.54) is 0 Å². The van der Waals surface area contributed by atoms with Gasteiger partial charge in [0.25, 0.3) is 0 Å². The average molecular weight is 365 g/mol. The van der Waals surface area contributed by atoms with Crippen LogP contribution >= 0.6 is 23.2 Å². The van der Waals surface area contributed by atoms with Crippen LogP contribution in [0.15, 0.2) is 42.7 Å². The molecule has 0 radical (unpaired) electrons. The highest BCUT2D eigenvalue weighted by atomic mass is 35.5. The quantitative estimate of drug-likeness (QED) is 0.907. The number of piperazine rings is 1. The maximum absolute atomic E-state index is 12.3. The lowest BCUT2D eigenvalue weighted by Gasteiger charge is -2.36. The SMILES string of the molecule is O=C(NCc1cccnc1)N1CCN(c2cc(Cl)ccc2Cl)CC1. The molecule has 1 N–H and O–H groups in total. The molecular weight excluding hydrogens is 347 g/mol. The highest BCUT2D eigenvalue weighted by Gasteiger charge is 2.22. The molecule has 1 fully saturated rings. The molecule has 126 valence electrons. The molecule has 0 unspecified atom stereocenters. The van der Waals surface area contributed by atoms with Crippen LogP contribution in [-0.2, 0) is 6.54 Å². The maximum atomic E-state index is 12.3. The van der Waals surface area contributed by atoms with Crippen molar-refractivity contribution in [3.8, 4) is 0 Å². The lowest BCUT2D eigenvalue weighted by atomic mass is 10.2. The Morgan fingerprint density at radius 3 is 2.67 bits per heavy atom. The second-order valence-corrected chi connectivity index (χ2v) is 6.43. The van der Waals surface area contributed by atoms with E-state index < -0.39 is 0 Å². The number of hydrogen-bond acceptors (Lipinski definition) is 3. The van der Waals surface area contributed by atoms with E-state index in [2.05, 4.69) is 15.2 Å². The molecule has 0 saturated carbocycles. The van der Waals surface area contributed by atoms with E-state index in [0.29, 0.717) is 29.7 Å². The third kappa shape index (κ3) is 4.10. The zero-order chi connectivity index (χ0) is 16.9. The van der Waals surface area contributed by atoms with Gasteiger partial charge in [-0.1, -0.05) is 29.3 Å². The number of nitrogens with one attached hydrogen (secondary N) is 1. The van der Waals surface area contributed by atoms with Crippen molar-refractivity contribution in [3.05, 3.63) is 58.3 Å². The summed E-state index contributed by atoms with van der Waals surface area (Å²) >= 11 is 12.3. The lowest BCUT2D eigenvalue weighted by molar-refractivity contribution is 0.194. The monoisotopic (exact) mass is 364 g/mol. The van der Waals surface area contributed by atoms with E-state index >= 15 is 0 Å². The fourth-order valence-corrected chi connectivity index (χ4v) is 3.07. The van der Waals surface area contributed by atoms with Crippen molar-refractivity contribution in [2.24, 2.45) is 0 Å². The smallest absolute Gasteiger partial charge is 0.317 e. The zero-order valence-electron chi connectivity index (χ0n) is 13.1. The standard InChI is InChI=1S/C17H18Cl2N4O/c18-14-3-4-15(19)16(10-14)22-6-8-23(9-7-22)17(24)21-12-13-2-1-5-20-11-13/h1-5,10-11H,6-9,12H2,(H,21,24). The first-order valence-electron chi connectivity index (χ1n) is 7.75.